The second kappa shape index (κ2) is 3.35. The molecule has 78 valence electrons. The van der Waals surface area contributed by atoms with Gasteiger partial charge in [-0.3, -0.25) is 0 Å². The first-order valence-corrected chi connectivity index (χ1v) is 6.08. The molecule has 15 heavy (non-hydrogen) atoms. The van der Waals surface area contributed by atoms with Gasteiger partial charge in [0.2, 0.25) is 0 Å². The number of rotatable bonds is 0. The Balaban J connectivity index is 2.25. The van der Waals surface area contributed by atoms with Gasteiger partial charge in [0.25, 0.3) is 0 Å². The summed E-state index contributed by atoms with van der Waals surface area (Å²) in [6, 6.07) is 6.71. The smallest absolute Gasteiger partial charge is 0.0459 e. The Kier molecular flexibility index (Phi) is 2.11. The van der Waals surface area contributed by atoms with Gasteiger partial charge in [-0.2, -0.15) is 0 Å². The van der Waals surface area contributed by atoms with Crippen LogP contribution in [0.3, 0.4) is 0 Å². The van der Waals surface area contributed by atoms with E-state index in [2.05, 4.69) is 39.1 Å². The average molecular weight is 265 g/mol. The molecule has 0 saturated heterocycles. The highest BCUT2D eigenvalue weighted by Crippen LogP contribution is 2.30. The monoisotopic (exact) mass is 264 g/mol. The van der Waals surface area contributed by atoms with Crippen molar-refractivity contribution in [2.45, 2.75) is 25.3 Å². The molecule has 1 aromatic heterocycles. The van der Waals surface area contributed by atoms with Crippen molar-refractivity contribution >= 4 is 26.8 Å². The molecule has 0 spiro atoms. The molecule has 1 heterocycles. The van der Waals surface area contributed by atoms with Crippen LogP contribution in [0.25, 0.3) is 10.9 Å². The summed E-state index contributed by atoms with van der Waals surface area (Å²) in [5, 5.41) is 1.33. The molecule has 1 aliphatic rings. The Morgan fingerprint density at radius 3 is 3.13 bits per heavy atom. The van der Waals surface area contributed by atoms with E-state index >= 15 is 0 Å². The molecule has 3 N–H and O–H groups in total. The highest BCUT2D eigenvalue weighted by Gasteiger charge is 2.19. The van der Waals surface area contributed by atoms with Gasteiger partial charge in [-0.1, -0.05) is 15.9 Å². The Hall–Kier alpha value is -0.800. The molecule has 3 heteroatoms. The number of aromatic nitrogens is 1. The number of benzene rings is 1. The van der Waals surface area contributed by atoms with Crippen LogP contribution in [-0.2, 0) is 12.8 Å². The standard InChI is InChI=1S/C12H13BrN2/c13-7-1-3-11-9(5-7)10-6-8(14)2-4-12(10)15-11/h1,3,5,8,15H,2,4,6,14H2. The van der Waals surface area contributed by atoms with E-state index in [1.165, 1.54) is 22.2 Å². The first kappa shape index (κ1) is 9.43. The summed E-state index contributed by atoms with van der Waals surface area (Å²) in [6.45, 7) is 0. The lowest BCUT2D eigenvalue weighted by atomic mass is 9.92. The summed E-state index contributed by atoms with van der Waals surface area (Å²) in [6.07, 6.45) is 3.19. The van der Waals surface area contributed by atoms with Crippen LogP contribution in [0.2, 0.25) is 0 Å². The topological polar surface area (TPSA) is 41.8 Å². The fraction of sp³-hybridized carbons (Fsp3) is 0.333. The number of hydrogen-bond donors (Lipinski definition) is 2. The van der Waals surface area contributed by atoms with Crippen molar-refractivity contribution in [2.75, 3.05) is 0 Å². The van der Waals surface area contributed by atoms with Crippen molar-refractivity contribution in [1.29, 1.82) is 0 Å². The normalized spacial score (nSPS) is 20.5. The van der Waals surface area contributed by atoms with E-state index < -0.39 is 0 Å². The third-order valence-corrected chi connectivity index (χ3v) is 3.68. The highest BCUT2D eigenvalue weighted by molar-refractivity contribution is 9.10. The lowest BCUT2D eigenvalue weighted by Crippen LogP contribution is -2.27. The SMILES string of the molecule is NC1CCc2[nH]c3ccc(Br)cc3c2C1. The van der Waals surface area contributed by atoms with E-state index in [0.29, 0.717) is 6.04 Å². The van der Waals surface area contributed by atoms with E-state index in [4.69, 9.17) is 5.73 Å². The maximum atomic E-state index is 6.01. The number of aromatic amines is 1. The van der Waals surface area contributed by atoms with Crippen molar-refractivity contribution in [3.05, 3.63) is 33.9 Å². The number of aryl methyl sites for hydroxylation is 1. The van der Waals surface area contributed by atoms with Crippen LogP contribution < -0.4 is 5.73 Å². The van der Waals surface area contributed by atoms with Gasteiger partial charge >= 0.3 is 0 Å². The van der Waals surface area contributed by atoms with Gasteiger partial charge in [0, 0.05) is 27.1 Å². The number of fused-ring (bicyclic) bond motifs is 3. The molecule has 1 aliphatic carbocycles. The van der Waals surface area contributed by atoms with Crippen LogP contribution in [-0.4, -0.2) is 11.0 Å². The van der Waals surface area contributed by atoms with E-state index in [-0.39, 0.29) is 0 Å². The van der Waals surface area contributed by atoms with Gasteiger partial charge in [0.15, 0.2) is 0 Å². The Bertz CT molecular complexity index is 516. The van der Waals surface area contributed by atoms with Gasteiger partial charge < -0.3 is 10.7 Å². The molecular weight excluding hydrogens is 252 g/mol. The zero-order valence-electron chi connectivity index (χ0n) is 8.39. The average Bonchev–Trinajstić information content (AvgIpc) is 2.56. The number of halogens is 1. The van der Waals surface area contributed by atoms with Crippen LogP contribution in [0.5, 0.6) is 0 Å². The molecule has 0 radical (unpaired) electrons. The Morgan fingerprint density at radius 1 is 1.40 bits per heavy atom. The molecule has 0 aliphatic heterocycles. The Morgan fingerprint density at radius 2 is 2.27 bits per heavy atom. The number of H-pyrrole nitrogens is 1. The van der Waals surface area contributed by atoms with Crippen LogP contribution >= 0.6 is 15.9 Å². The van der Waals surface area contributed by atoms with Gasteiger partial charge in [-0.05, 0) is 43.0 Å². The van der Waals surface area contributed by atoms with E-state index in [9.17, 15) is 0 Å². The van der Waals surface area contributed by atoms with Crippen molar-refractivity contribution < 1.29 is 0 Å². The lowest BCUT2D eigenvalue weighted by molar-refractivity contribution is 0.574. The minimum atomic E-state index is 0.329. The third-order valence-electron chi connectivity index (χ3n) is 3.19. The fourth-order valence-electron chi connectivity index (χ4n) is 2.42. The number of nitrogens with one attached hydrogen (secondary N) is 1. The summed E-state index contributed by atoms with van der Waals surface area (Å²) in [5.41, 5.74) is 10.0. The van der Waals surface area contributed by atoms with Gasteiger partial charge in [0.1, 0.15) is 0 Å². The maximum Gasteiger partial charge on any atom is 0.0459 e. The van der Waals surface area contributed by atoms with E-state index in [1.54, 1.807) is 0 Å². The molecule has 1 unspecified atom stereocenters. The maximum absolute atomic E-state index is 6.01. The van der Waals surface area contributed by atoms with E-state index in [0.717, 1.165) is 23.7 Å². The molecule has 1 aromatic carbocycles. The zero-order valence-corrected chi connectivity index (χ0v) is 9.97. The van der Waals surface area contributed by atoms with E-state index in [1.807, 2.05) is 0 Å². The first-order valence-electron chi connectivity index (χ1n) is 5.28. The van der Waals surface area contributed by atoms with Crippen molar-refractivity contribution in [3.63, 3.8) is 0 Å². The largest absolute Gasteiger partial charge is 0.358 e. The van der Waals surface area contributed by atoms with Crippen LogP contribution in [0.4, 0.5) is 0 Å². The number of hydrogen-bond acceptors (Lipinski definition) is 1. The molecule has 1 atom stereocenters. The molecule has 0 fully saturated rings. The van der Waals surface area contributed by atoms with Gasteiger partial charge in [0.05, 0.1) is 0 Å². The molecule has 0 saturated carbocycles. The van der Waals surface area contributed by atoms with Crippen molar-refractivity contribution in [2.24, 2.45) is 5.73 Å². The minimum Gasteiger partial charge on any atom is -0.358 e. The van der Waals surface area contributed by atoms with Gasteiger partial charge in [-0.15, -0.1) is 0 Å². The third kappa shape index (κ3) is 1.50. The molecule has 2 nitrogen and oxygen atoms in total. The summed E-state index contributed by atoms with van der Waals surface area (Å²) in [4.78, 5) is 3.49. The minimum absolute atomic E-state index is 0.329. The summed E-state index contributed by atoms with van der Waals surface area (Å²) >= 11 is 3.51. The highest BCUT2D eigenvalue weighted by atomic mass is 79.9. The van der Waals surface area contributed by atoms with Crippen molar-refractivity contribution in [3.8, 4) is 0 Å². The molecule has 2 aromatic rings. The summed E-state index contributed by atoms with van der Waals surface area (Å²) in [7, 11) is 0. The molecule has 0 bridgehead atoms. The fourth-order valence-corrected chi connectivity index (χ4v) is 2.78. The lowest BCUT2D eigenvalue weighted by Gasteiger charge is -2.18. The molecule has 0 amide bonds. The summed E-state index contributed by atoms with van der Waals surface area (Å²) in [5.74, 6) is 0. The Labute approximate surface area is 97.0 Å². The predicted molar refractivity (Wildman–Crippen MR) is 66.0 cm³/mol. The van der Waals surface area contributed by atoms with Crippen LogP contribution in [0, 0.1) is 0 Å². The molecule has 3 rings (SSSR count). The second-order valence-electron chi connectivity index (χ2n) is 4.27. The zero-order chi connectivity index (χ0) is 10.4. The van der Waals surface area contributed by atoms with Crippen LogP contribution in [0.1, 0.15) is 17.7 Å². The second-order valence-corrected chi connectivity index (χ2v) is 5.19. The quantitative estimate of drug-likeness (QED) is 0.755. The first-order chi connectivity index (χ1) is 7.24. The van der Waals surface area contributed by atoms with Gasteiger partial charge in [-0.25, -0.2) is 0 Å². The summed E-state index contributed by atoms with van der Waals surface area (Å²) < 4.78 is 1.14. The van der Waals surface area contributed by atoms with Crippen molar-refractivity contribution in [1.82, 2.24) is 4.98 Å². The van der Waals surface area contributed by atoms with Crippen LogP contribution in [0.15, 0.2) is 22.7 Å². The number of nitrogens with two attached hydrogens (primary N) is 1. The molecular formula is C12H13BrN2. The predicted octanol–water partition coefficient (Wildman–Crippen LogP) is 2.75.